The van der Waals surface area contributed by atoms with Gasteiger partial charge in [-0.3, -0.25) is 4.90 Å². The lowest BCUT2D eigenvalue weighted by atomic mass is 9.95. The molecule has 0 spiro atoms. The fourth-order valence-electron chi connectivity index (χ4n) is 2.93. The molecule has 1 atom stereocenters. The van der Waals surface area contributed by atoms with Crippen LogP contribution in [0.5, 0.6) is 0 Å². The van der Waals surface area contributed by atoms with Gasteiger partial charge in [-0.25, -0.2) is 4.98 Å². The molecular weight excluding hydrogens is 284 g/mol. The Morgan fingerprint density at radius 1 is 1.48 bits per heavy atom. The molecule has 0 saturated carbocycles. The van der Waals surface area contributed by atoms with Crippen molar-refractivity contribution in [1.82, 2.24) is 9.88 Å². The van der Waals surface area contributed by atoms with Gasteiger partial charge in [0.05, 0.1) is 16.2 Å². The molecule has 0 aromatic carbocycles. The number of β-amino-alcohol motifs (C(OH)–C–C–N with tert-alkyl or cyclic N) is 1. The molecule has 0 radical (unpaired) electrons. The number of hydrogen-bond donors (Lipinski definition) is 1. The molecule has 1 fully saturated rings. The highest BCUT2D eigenvalue weighted by molar-refractivity contribution is 7.13. The number of nitrogens with zero attached hydrogens (tertiary/aromatic N) is 2. The van der Waals surface area contributed by atoms with Crippen molar-refractivity contribution >= 4 is 11.3 Å². The van der Waals surface area contributed by atoms with Crippen LogP contribution >= 0.6 is 11.3 Å². The zero-order valence-corrected chi connectivity index (χ0v) is 13.7. The first-order valence-electron chi connectivity index (χ1n) is 7.40. The number of aryl methyl sites for hydroxylation is 2. The summed E-state index contributed by atoms with van der Waals surface area (Å²) >= 11 is 1.66. The van der Waals surface area contributed by atoms with Gasteiger partial charge in [0, 0.05) is 13.1 Å². The fraction of sp³-hybridized carbons (Fsp3) is 0.562. The van der Waals surface area contributed by atoms with Crippen LogP contribution in [0.15, 0.2) is 15.9 Å². The van der Waals surface area contributed by atoms with Gasteiger partial charge in [0.1, 0.15) is 5.76 Å². The Balaban J connectivity index is 1.78. The van der Waals surface area contributed by atoms with Crippen LogP contribution in [0.25, 0.3) is 10.8 Å². The lowest BCUT2D eigenvalue weighted by Gasteiger charge is -2.36. The number of thiophene rings is 1. The van der Waals surface area contributed by atoms with Crippen molar-refractivity contribution in [3.8, 4) is 10.8 Å². The van der Waals surface area contributed by atoms with Crippen molar-refractivity contribution in [3.63, 3.8) is 0 Å². The maximum absolute atomic E-state index is 10.2. The lowest BCUT2D eigenvalue weighted by molar-refractivity contribution is -0.0185. The van der Waals surface area contributed by atoms with E-state index in [1.165, 1.54) is 5.56 Å². The van der Waals surface area contributed by atoms with Crippen LogP contribution in [-0.2, 0) is 6.54 Å². The molecule has 1 unspecified atom stereocenters. The third-order valence-corrected chi connectivity index (χ3v) is 5.08. The summed E-state index contributed by atoms with van der Waals surface area (Å²) in [5.74, 6) is 1.60. The summed E-state index contributed by atoms with van der Waals surface area (Å²) in [7, 11) is 0. The van der Waals surface area contributed by atoms with Crippen molar-refractivity contribution in [2.24, 2.45) is 0 Å². The molecule has 1 N–H and O–H groups in total. The first kappa shape index (κ1) is 14.8. The molecule has 3 rings (SSSR count). The van der Waals surface area contributed by atoms with Crippen LogP contribution in [0.3, 0.4) is 0 Å². The van der Waals surface area contributed by atoms with E-state index >= 15 is 0 Å². The summed E-state index contributed by atoms with van der Waals surface area (Å²) in [6.45, 7) is 8.41. The monoisotopic (exact) mass is 306 g/mol. The largest absolute Gasteiger partial charge is 0.440 e. The smallest absolute Gasteiger partial charge is 0.237 e. The predicted octanol–water partition coefficient (Wildman–Crippen LogP) is 3.37. The summed E-state index contributed by atoms with van der Waals surface area (Å²) in [5.41, 5.74) is 1.60. The van der Waals surface area contributed by atoms with E-state index in [1.54, 1.807) is 11.3 Å². The number of oxazole rings is 1. The Morgan fingerprint density at radius 3 is 2.95 bits per heavy atom. The molecular formula is C16H22N2O2S. The van der Waals surface area contributed by atoms with Crippen molar-refractivity contribution < 1.29 is 9.52 Å². The molecule has 114 valence electrons. The first-order chi connectivity index (χ1) is 9.94. The minimum atomic E-state index is -0.580. The van der Waals surface area contributed by atoms with Gasteiger partial charge in [-0.15, -0.1) is 11.3 Å². The second-order valence-electron chi connectivity index (χ2n) is 6.27. The molecule has 1 aliphatic heterocycles. The van der Waals surface area contributed by atoms with E-state index in [0.717, 1.165) is 48.2 Å². The summed E-state index contributed by atoms with van der Waals surface area (Å²) in [6, 6.07) is 2.08. The molecule has 21 heavy (non-hydrogen) atoms. The highest BCUT2D eigenvalue weighted by Crippen LogP contribution is 2.30. The van der Waals surface area contributed by atoms with Crippen LogP contribution in [-0.4, -0.2) is 33.7 Å². The van der Waals surface area contributed by atoms with Gasteiger partial charge in [-0.2, -0.15) is 0 Å². The Hall–Kier alpha value is -1.17. The Kier molecular flexibility index (Phi) is 3.90. The number of likely N-dealkylation sites (tertiary alicyclic amines) is 1. The number of rotatable bonds is 3. The van der Waals surface area contributed by atoms with E-state index < -0.39 is 5.60 Å². The molecule has 1 saturated heterocycles. The van der Waals surface area contributed by atoms with E-state index in [1.807, 2.05) is 13.8 Å². The minimum Gasteiger partial charge on any atom is -0.440 e. The van der Waals surface area contributed by atoms with Crippen molar-refractivity contribution in [3.05, 3.63) is 28.5 Å². The van der Waals surface area contributed by atoms with Gasteiger partial charge in [-0.1, -0.05) is 0 Å². The normalized spacial score (nSPS) is 23.6. The van der Waals surface area contributed by atoms with Crippen LogP contribution in [0.4, 0.5) is 0 Å². The quantitative estimate of drug-likeness (QED) is 0.944. The second-order valence-corrected chi connectivity index (χ2v) is 7.18. The van der Waals surface area contributed by atoms with E-state index in [0.29, 0.717) is 6.54 Å². The molecule has 3 heterocycles. The van der Waals surface area contributed by atoms with Crippen LogP contribution in [0.1, 0.15) is 36.8 Å². The summed E-state index contributed by atoms with van der Waals surface area (Å²) in [6.07, 6.45) is 1.90. The predicted molar refractivity (Wildman–Crippen MR) is 84.4 cm³/mol. The van der Waals surface area contributed by atoms with Gasteiger partial charge in [-0.05, 0) is 57.2 Å². The van der Waals surface area contributed by atoms with Crippen molar-refractivity contribution in [2.45, 2.75) is 45.8 Å². The summed E-state index contributed by atoms with van der Waals surface area (Å²) in [5, 5.41) is 12.3. The number of piperidine rings is 1. The highest BCUT2D eigenvalue weighted by atomic mass is 32.1. The topological polar surface area (TPSA) is 49.5 Å². The van der Waals surface area contributed by atoms with Gasteiger partial charge < -0.3 is 9.52 Å². The van der Waals surface area contributed by atoms with E-state index in [4.69, 9.17) is 4.42 Å². The van der Waals surface area contributed by atoms with Crippen molar-refractivity contribution in [1.29, 1.82) is 0 Å². The Labute approximate surface area is 129 Å². The highest BCUT2D eigenvalue weighted by Gasteiger charge is 2.29. The average Bonchev–Trinajstić information content (AvgIpc) is 2.95. The lowest BCUT2D eigenvalue weighted by Crippen LogP contribution is -2.45. The average molecular weight is 306 g/mol. The maximum Gasteiger partial charge on any atom is 0.237 e. The first-order valence-corrected chi connectivity index (χ1v) is 8.28. The molecule has 0 amide bonds. The van der Waals surface area contributed by atoms with Crippen LogP contribution < -0.4 is 0 Å². The molecule has 2 aromatic rings. The zero-order valence-electron chi connectivity index (χ0n) is 12.8. The molecule has 0 aliphatic carbocycles. The Bertz CT molecular complexity index is 630. The second kappa shape index (κ2) is 5.55. The molecule has 5 heteroatoms. The van der Waals surface area contributed by atoms with E-state index in [2.05, 4.69) is 28.3 Å². The van der Waals surface area contributed by atoms with E-state index in [-0.39, 0.29) is 0 Å². The zero-order chi connectivity index (χ0) is 15.0. The van der Waals surface area contributed by atoms with Gasteiger partial charge >= 0.3 is 0 Å². The summed E-state index contributed by atoms with van der Waals surface area (Å²) in [4.78, 5) is 8.05. The molecule has 1 aliphatic rings. The van der Waals surface area contributed by atoms with Crippen LogP contribution in [0.2, 0.25) is 0 Å². The van der Waals surface area contributed by atoms with E-state index in [9.17, 15) is 5.11 Å². The SMILES string of the molecule is Cc1ccsc1-c1nc(CN2CCCC(C)(O)C2)c(C)o1. The van der Waals surface area contributed by atoms with Gasteiger partial charge in [0.25, 0.3) is 0 Å². The minimum absolute atomic E-state index is 0.580. The molecule has 2 aromatic heterocycles. The third-order valence-electron chi connectivity index (χ3n) is 4.08. The van der Waals surface area contributed by atoms with Gasteiger partial charge in [0.2, 0.25) is 5.89 Å². The fourth-order valence-corrected chi connectivity index (χ4v) is 3.78. The maximum atomic E-state index is 10.2. The standard InChI is InChI=1S/C16H22N2O2S/c1-11-5-8-21-14(11)15-17-13(12(2)20-15)9-18-7-4-6-16(3,19)10-18/h5,8,19H,4,6-7,9-10H2,1-3H3. The number of hydrogen-bond acceptors (Lipinski definition) is 5. The molecule has 4 nitrogen and oxygen atoms in total. The number of aliphatic hydroxyl groups is 1. The van der Waals surface area contributed by atoms with Gasteiger partial charge in [0.15, 0.2) is 0 Å². The Morgan fingerprint density at radius 2 is 2.29 bits per heavy atom. The van der Waals surface area contributed by atoms with Crippen molar-refractivity contribution in [2.75, 3.05) is 13.1 Å². The van der Waals surface area contributed by atoms with Crippen LogP contribution in [0, 0.1) is 13.8 Å². The number of aromatic nitrogens is 1. The molecule has 0 bridgehead atoms. The third kappa shape index (κ3) is 3.20. The summed E-state index contributed by atoms with van der Waals surface area (Å²) < 4.78 is 5.84.